The molecule has 2 N–H and O–H groups in total. The quantitative estimate of drug-likeness (QED) is 0.698. The van der Waals surface area contributed by atoms with E-state index >= 15 is 0 Å². The number of aromatic amines is 1. The number of H-pyrrole nitrogens is 1. The summed E-state index contributed by atoms with van der Waals surface area (Å²) in [5, 5.41) is 13.0. The van der Waals surface area contributed by atoms with Gasteiger partial charge < -0.3 is 10.2 Å². The lowest BCUT2D eigenvalue weighted by molar-refractivity contribution is -0.133. The molecule has 144 valence electrons. The molecule has 1 fully saturated rings. The number of thiazole rings is 1. The van der Waals surface area contributed by atoms with Gasteiger partial charge in [-0.1, -0.05) is 18.2 Å². The maximum Gasteiger partial charge on any atom is 0.272 e. The molecule has 3 aromatic rings. The Bertz CT molecular complexity index is 1050. The van der Waals surface area contributed by atoms with Crippen LogP contribution in [0.25, 0.3) is 10.8 Å². The highest BCUT2D eigenvalue weighted by molar-refractivity contribution is 7.13. The summed E-state index contributed by atoms with van der Waals surface area (Å²) in [7, 11) is 0. The van der Waals surface area contributed by atoms with Crippen molar-refractivity contribution in [3.05, 3.63) is 51.9 Å². The number of rotatable bonds is 4. The second-order valence-electron chi connectivity index (χ2n) is 6.70. The zero-order valence-corrected chi connectivity index (χ0v) is 15.9. The van der Waals surface area contributed by atoms with E-state index in [0.717, 1.165) is 0 Å². The van der Waals surface area contributed by atoms with Gasteiger partial charge in [-0.25, -0.2) is 10.1 Å². The minimum absolute atomic E-state index is 0.0460. The van der Waals surface area contributed by atoms with Gasteiger partial charge in [0.2, 0.25) is 11.8 Å². The van der Waals surface area contributed by atoms with Crippen molar-refractivity contribution >= 4 is 39.1 Å². The normalized spacial score (nSPS) is 14.9. The molecule has 28 heavy (non-hydrogen) atoms. The van der Waals surface area contributed by atoms with Gasteiger partial charge in [-0.3, -0.25) is 14.4 Å². The van der Waals surface area contributed by atoms with Crippen molar-refractivity contribution in [2.45, 2.75) is 19.3 Å². The number of piperidine rings is 1. The van der Waals surface area contributed by atoms with Crippen molar-refractivity contribution in [2.75, 3.05) is 18.4 Å². The summed E-state index contributed by atoms with van der Waals surface area (Å²) >= 11 is 1.38. The van der Waals surface area contributed by atoms with Crippen molar-refractivity contribution in [3.63, 3.8) is 0 Å². The number of carbonyl (C=O) groups is 2. The van der Waals surface area contributed by atoms with E-state index in [1.807, 2.05) is 11.4 Å². The van der Waals surface area contributed by atoms with Crippen molar-refractivity contribution in [2.24, 2.45) is 5.92 Å². The molecule has 1 saturated heterocycles. The Hall–Kier alpha value is -3.07. The second kappa shape index (κ2) is 7.89. The van der Waals surface area contributed by atoms with E-state index in [0.29, 0.717) is 47.5 Å². The molecule has 1 aliphatic heterocycles. The van der Waals surface area contributed by atoms with Crippen molar-refractivity contribution < 1.29 is 9.59 Å². The molecule has 0 aliphatic carbocycles. The number of hydrogen-bond donors (Lipinski definition) is 2. The average molecular weight is 397 g/mol. The SMILES string of the molecule is O=C(Nc1nccs1)C1CCN(C(=O)Cc2n[nH]c(=O)c3ccccc23)CC1. The Morgan fingerprint density at radius 1 is 1.21 bits per heavy atom. The van der Waals surface area contributed by atoms with Gasteiger partial charge in [0.05, 0.1) is 17.5 Å². The van der Waals surface area contributed by atoms with Crippen molar-refractivity contribution in [3.8, 4) is 0 Å². The topological polar surface area (TPSA) is 108 Å². The van der Waals surface area contributed by atoms with Crippen LogP contribution in [-0.4, -0.2) is 45.0 Å². The molecule has 4 rings (SSSR count). The molecule has 8 nitrogen and oxygen atoms in total. The predicted molar refractivity (Wildman–Crippen MR) is 106 cm³/mol. The zero-order valence-electron chi connectivity index (χ0n) is 15.1. The van der Waals surface area contributed by atoms with Crippen LogP contribution >= 0.6 is 11.3 Å². The van der Waals surface area contributed by atoms with Crippen LogP contribution in [0, 0.1) is 5.92 Å². The number of hydrogen-bond acceptors (Lipinski definition) is 6. The molecule has 0 saturated carbocycles. The van der Waals surface area contributed by atoms with Crippen LogP contribution < -0.4 is 10.9 Å². The average Bonchev–Trinajstić information content (AvgIpc) is 3.23. The first-order valence-corrected chi connectivity index (χ1v) is 9.94. The van der Waals surface area contributed by atoms with E-state index in [1.165, 1.54) is 11.3 Å². The van der Waals surface area contributed by atoms with Crippen LogP contribution in [0.2, 0.25) is 0 Å². The molecular formula is C19H19N5O3S. The third kappa shape index (κ3) is 3.79. The van der Waals surface area contributed by atoms with Gasteiger partial charge in [-0.2, -0.15) is 5.10 Å². The summed E-state index contributed by atoms with van der Waals surface area (Å²) in [5.74, 6) is -0.223. The Morgan fingerprint density at radius 3 is 2.68 bits per heavy atom. The van der Waals surface area contributed by atoms with Gasteiger partial charge in [-0.15, -0.1) is 11.3 Å². The van der Waals surface area contributed by atoms with E-state index in [9.17, 15) is 14.4 Å². The molecule has 0 unspecified atom stereocenters. The van der Waals surface area contributed by atoms with Gasteiger partial charge >= 0.3 is 0 Å². The Morgan fingerprint density at radius 2 is 1.96 bits per heavy atom. The molecule has 2 amide bonds. The lowest BCUT2D eigenvalue weighted by Crippen LogP contribution is -2.42. The number of fused-ring (bicyclic) bond motifs is 1. The maximum atomic E-state index is 12.7. The summed E-state index contributed by atoms with van der Waals surface area (Å²) < 4.78 is 0. The van der Waals surface area contributed by atoms with Gasteiger partial charge in [0.15, 0.2) is 5.13 Å². The number of anilines is 1. The summed E-state index contributed by atoms with van der Waals surface area (Å²) in [5.41, 5.74) is 0.294. The smallest absolute Gasteiger partial charge is 0.272 e. The molecule has 9 heteroatoms. The first kappa shape index (κ1) is 18.3. The van der Waals surface area contributed by atoms with Crippen LogP contribution in [0.4, 0.5) is 5.13 Å². The number of amides is 2. The molecular weight excluding hydrogens is 378 g/mol. The van der Waals surface area contributed by atoms with E-state index in [1.54, 1.807) is 29.3 Å². The number of benzene rings is 1. The third-order valence-corrected chi connectivity index (χ3v) is 5.66. The first-order valence-electron chi connectivity index (χ1n) is 9.06. The van der Waals surface area contributed by atoms with E-state index in [4.69, 9.17) is 0 Å². The van der Waals surface area contributed by atoms with Crippen LogP contribution in [0.1, 0.15) is 18.5 Å². The summed E-state index contributed by atoms with van der Waals surface area (Å²) in [4.78, 5) is 42.7. The number of carbonyl (C=O) groups excluding carboxylic acids is 2. The van der Waals surface area contributed by atoms with Gasteiger partial charge in [0, 0.05) is 36.0 Å². The third-order valence-electron chi connectivity index (χ3n) is 4.97. The Kier molecular flexibility index (Phi) is 5.16. The molecule has 0 radical (unpaired) electrons. The molecule has 1 aromatic carbocycles. The van der Waals surface area contributed by atoms with Crippen LogP contribution in [-0.2, 0) is 16.0 Å². The van der Waals surface area contributed by atoms with Gasteiger partial charge in [0.25, 0.3) is 5.56 Å². The summed E-state index contributed by atoms with van der Waals surface area (Å²) in [6.07, 6.45) is 2.99. The van der Waals surface area contributed by atoms with E-state index in [2.05, 4.69) is 20.5 Å². The fourth-order valence-electron chi connectivity index (χ4n) is 3.44. The number of aromatic nitrogens is 3. The van der Waals surface area contributed by atoms with Crippen LogP contribution in [0.3, 0.4) is 0 Å². The highest BCUT2D eigenvalue weighted by Gasteiger charge is 2.28. The monoisotopic (exact) mass is 397 g/mol. The minimum Gasteiger partial charge on any atom is -0.342 e. The van der Waals surface area contributed by atoms with Gasteiger partial charge in [-0.05, 0) is 18.9 Å². The predicted octanol–water partition coefficient (Wildman–Crippen LogP) is 1.80. The molecule has 0 atom stereocenters. The standard InChI is InChI=1S/C19H19N5O3S/c25-16(11-15-13-3-1-2-4-14(13)18(27)23-22-15)24-8-5-12(6-9-24)17(26)21-19-20-7-10-28-19/h1-4,7,10,12H,5-6,8-9,11H2,(H,23,27)(H,20,21,26). The molecule has 3 heterocycles. The van der Waals surface area contributed by atoms with E-state index in [-0.39, 0.29) is 29.7 Å². The van der Waals surface area contributed by atoms with Crippen molar-refractivity contribution in [1.29, 1.82) is 0 Å². The summed E-state index contributed by atoms with van der Waals surface area (Å²) in [6, 6.07) is 7.13. The van der Waals surface area contributed by atoms with E-state index < -0.39 is 0 Å². The molecule has 0 spiro atoms. The van der Waals surface area contributed by atoms with Crippen LogP contribution in [0.15, 0.2) is 40.6 Å². The molecule has 1 aliphatic rings. The van der Waals surface area contributed by atoms with Crippen LogP contribution in [0.5, 0.6) is 0 Å². The fraction of sp³-hybridized carbons (Fsp3) is 0.316. The number of nitrogens with zero attached hydrogens (tertiary/aromatic N) is 3. The van der Waals surface area contributed by atoms with Gasteiger partial charge in [0.1, 0.15) is 0 Å². The maximum absolute atomic E-state index is 12.7. The highest BCUT2D eigenvalue weighted by atomic mass is 32.1. The first-order chi connectivity index (χ1) is 13.6. The Labute approximate surface area is 164 Å². The van der Waals surface area contributed by atoms with Crippen molar-refractivity contribution in [1.82, 2.24) is 20.1 Å². The largest absolute Gasteiger partial charge is 0.342 e. The molecule has 2 aromatic heterocycles. The summed E-state index contributed by atoms with van der Waals surface area (Å²) in [6.45, 7) is 1.05. The number of likely N-dealkylation sites (tertiary alicyclic amines) is 1. The number of nitrogens with one attached hydrogen (secondary N) is 2. The fourth-order valence-corrected chi connectivity index (χ4v) is 3.98. The minimum atomic E-state index is -0.265. The lowest BCUT2D eigenvalue weighted by atomic mass is 9.95. The lowest BCUT2D eigenvalue weighted by Gasteiger charge is -2.31. The Balaban J connectivity index is 1.38. The second-order valence-corrected chi connectivity index (χ2v) is 7.60. The highest BCUT2D eigenvalue weighted by Crippen LogP contribution is 2.21. The molecule has 0 bridgehead atoms. The zero-order chi connectivity index (χ0) is 19.5.